The molecule has 0 bridgehead atoms. The summed E-state index contributed by atoms with van der Waals surface area (Å²) in [5.74, 6) is 0.607. The van der Waals surface area contributed by atoms with Gasteiger partial charge < -0.3 is 10.6 Å². The summed E-state index contributed by atoms with van der Waals surface area (Å²) in [4.78, 5) is 4.24. The molecule has 0 aliphatic carbocycles. The van der Waals surface area contributed by atoms with Crippen LogP contribution in [0.15, 0.2) is 29.3 Å². The number of benzene rings is 1. The zero-order chi connectivity index (χ0) is 21.9. The molecule has 1 aromatic carbocycles. The molecular formula is C21H33IN6O2S. The Bertz CT molecular complexity index is 1030. The van der Waals surface area contributed by atoms with Gasteiger partial charge in [-0.1, -0.05) is 18.2 Å². The molecule has 31 heavy (non-hydrogen) atoms. The summed E-state index contributed by atoms with van der Waals surface area (Å²) in [6.07, 6.45) is 1.58. The molecule has 0 amide bonds. The van der Waals surface area contributed by atoms with Gasteiger partial charge in [-0.2, -0.15) is 5.10 Å². The van der Waals surface area contributed by atoms with E-state index in [-0.39, 0.29) is 35.8 Å². The summed E-state index contributed by atoms with van der Waals surface area (Å²) in [6.45, 7) is 6.96. The number of nitrogens with zero attached hydrogens (tertiary/aromatic N) is 4. The van der Waals surface area contributed by atoms with Crippen LogP contribution in [0.3, 0.4) is 0 Å². The Morgan fingerprint density at radius 2 is 2.00 bits per heavy atom. The minimum absolute atomic E-state index is 0. The molecule has 1 unspecified atom stereocenters. The number of hydrogen-bond donors (Lipinski definition) is 2. The number of para-hydroxylation sites is 1. The Morgan fingerprint density at radius 3 is 2.65 bits per heavy atom. The summed E-state index contributed by atoms with van der Waals surface area (Å²) in [6, 6.07) is 7.81. The first-order valence-corrected chi connectivity index (χ1v) is 11.9. The highest BCUT2D eigenvalue weighted by molar-refractivity contribution is 14.0. The van der Waals surface area contributed by atoms with Gasteiger partial charge >= 0.3 is 0 Å². The van der Waals surface area contributed by atoms with Gasteiger partial charge in [0.05, 0.1) is 17.1 Å². The van der Waals surface area contributed by atoms with E-state index in [1.54, 1.807) is 7.05 Å². The Hall–Kier alpha value is -1.82. The number of anilines is 1. The molecule has 2 aromatic rings. The lowest BCUT2D eigenvalue weighted by Crippen LogP contribution is -2.45. The lowest BCUT2D eigenvalue weighted by molar-refractivity contribution is 0.590. The Balaban J connectivity index is 0.00000341. The predicted molar refractivity (Wildman–Crippen MR) is 137 cm³/mol. The summed E-state index contributed by atoms with van der Waals surface area (Å²) < 4.78 is 29.1. The molecular weight excluding hydrogens is 527 g/mol. The van der Waals surface area contributed by atoms with E-state index in [2.05, 4.69) is 34.6 Å². The van der Waals surface area contributed by atoms with Crippen molar-refractivity contribution in [2.24, 2.45) is 12.0 Å². The van der Waals surface area contributed by atoms with E-state index in [1.807, 2.05) is 42.9 Å². The predicted octanol–water partition coefficient (Wildman–Crippen LogP) is 2.14. The van der Waals surface area contributed by atoms with Crippen LogP contribution in [0, 0.1) is 13.8 Å². The summed E-state index contributed by atoms with van der Waals surface area (Å²) in [5.41, 5.74) is 5.30. The second-order valence-corrected chi connectivity index (χ2v) is 9.80. The highest BCUT2D eigenvalue weighted by Gasteiger charge is 2.28. The fourth-order valence-corrected chi connectivity index (χ4v) is 5.33. The van der Waals surface area contributed by atoms with Crippen LogP contribution >= 0.6 is 24.0 Å². The number of nitrogens with one attached hydrogen (secondary N) is 2. The average Bonchev–Trinajstić information content (AvgIpc) is 3.24. The van der Waals surface area contributed by atoms with Crippen LogP contribution < -0.4 is 14.9 Å². The van der Waals surface area contributed by atoms with E-state index in [0.717, 1.165) is 35.5 Å². The number of hydrogen-bond acceptors (Lipinski definition) is 4. The maximum atomic E-state index is 12.8. The second kappa shape index (κ2) is 10.7. The Labute approximate surface area is 202 Å². The number of sulfonamides is 1. The largest absolute Gasteiger partial charge is 0.355 e. The number of guanidine groups is 1. The minimum atomic E-state index is -3.39. The van der Waals surface area contributed by atoms with Crippen molar-refractivity contribution in [2.75, 3.05) is 30.2 Å². The first-order chi connectivity index (χ1) is 14.2. The van der Waals surface area contributed by atoms with Gasteiger partial charge in [0.1, 0.15) is 0 Å². The van der Waals surface area contributed by atoms with Crippen LogP contribution in [0.25, 0.3) is 0 Å². The van der Waals surface area contributed by atoms with E-state index in [9.17, 15) is 8.42 Å². The lowest BCUT2D eigenvalue weighted by Gasteiger charge is -2.21. The molecule has 172 valence electrons. The molecule has 0 saturated heterocycles. The first kappa shape index (κ1) is 25.4. The SMILES string of the molecule is CN=C(NCCS(=O)(=O)N1CCc2ccccc21)NC(C)Cc1c(C)nn(C)c1C.I. The zero-order valence-corrected chi connectivity index (χ0v) is 22.0. The molecule has 0 saturated carbocycles. The maximum absolute atomic E-state index is 12.8. The normalized spacial score (nSPS) is 14.7. The third-order valence-electron chi connectivity index (χ3n) is 5.61. The molecule has 0 spiro atoms. The van der Waals surface area contributed by atoms with Gasteiger partial charge in [-0.15, -0.1) is 24.0 Å². The topological polar surface area (TPSA) is 91.6 Å². The molecule has 0 fully saturated rings. The molecule has 3 rings (SSSR count). The number of aryl methyl sites for hydroxylation is 2. The van der Waals surface area contributed by atoms with Crippen LogP contribution in [-0.2, 0) is 29.9 Å². The van der Waals surface area contributed by atoms with E-state index in [4.69, 9.17) is 0 Å². The summed E-state index contributed by atoms with van der Waals surface area (Å²) in [5, 5.41) is 10.9. The maximum Gasteiger partial charge on any atom is 0.236 e. The van der Waals surface area contributed by atoms with Gasteiger partial charge in [0.15, 0.2) is 5.96 Å². The van der Waals surface area contributed by atoms with E-state index >= 15 is 0 Å². The highest BCUT2D eigenvalue weighted by Crippen LogP contribution is 2.29. The van der Waals surface area contributed by atoms with Crippen LogP contribution in [-0.4, -0.2) is 56.1 Å². The first-order valence-electron chi connectivity index (χ1n) is 10.3. The zero-order valence-electron chi connectivity index (χ0n) is 18.8. The third kappa shape index (κ3) is 5.91. The van der Waals surface area contributed by atoms with E-state index < -0.39 is 10.0 Å². The smallest absolute Gasteiger partial charge is 0.236 e. The van der Waals surface area contributed by atoms with Gasteiger partial charge in [-0.3, -0.25) is 14.0 Å². The second-order valence-electron chi connectivity index (χ2n) is 7.79. The van der Waals surface area contributed by atoms with Gasteiger partial charge in [0, 0.05) is 38.9 Å². The molecule has 1 aromatic heterocycles. The standard InChI is InChI=1S/C21H32N6O2S.HI/c1-15(14-19-16(2)25-26(5)17(19)3)24-21(22-4)23-11-13-30(28,29)27-12-10-18-8-6-7-9-20(18)27;/h6-9,15H,10-14H2,1-5H3,(H2,22,23,24);1H. The molecule has 1 aliphatic rings. The molecule has 1 aliphatic heterocycles. The monoisotopic (exact) mass is 560 g/mol. The molecule has 1 atom stereocenters. The number of rotatable bonds is 7. The van der Waals surface area contributed by atoms with Crippen molar-refractivity contribution in [2.45, 2.75) is 39.7 Å². The number of halogens is 1. The van der Waals surface area contributed by atoms with Crippen LogP contribution in [0.5, 0.6) is 0 Å². The van der Waals surface area contributed by atoms with Crippen LogP contribution in [0.2, 0.25) is 0 Å². The van der Waals surface area contributed by atoms with Gasteiger partial charge in [-0.25, -0.2) is 8.42 Å². The quantitative estimate of drug-likeness (QED) is 0.308. The van der Waals surface area contributed by atoms with E-state index in [0.29, 0.717) is 19.0 Å². The van der Waals surface area contributed by atoms with Crippen LogP contribution in [0.4, 0.5) is 5.69 Å². The van der Waals surface area contributed by atoms with Crippen molar-refractivity contribution in [3.63, 3.8) is 0 Å². The van der Waals surface area contributed by atoms with Gasteiger partial charge in [0.2, 0.25) is 10.0 Å². The molecule has 2 heterocycles. The molecule has 8 nitrogen and oxygen atoms in total. The third-order valence-corrected chi connectivity index (χ3v) is 7.38. The van der Waals surface area contributed by atoms with Crippen molar-refractivity contribution in [1.82, 2.24) is 20.4 Å². The minimum Gasteiger partial charge on any atom is -0.355 e. The Morgan fingerprint density at radius 1 is 1.29 bits per heavy atom. The van der Waals surface area contributed by atoms with Crippen molar-refractivity contribution in [3.05, 3.63) is 46.8 Å². The number of aromatic nitrogens is 2. The summed E-state index contributed by atoms with van der Waals surface area (Å²) in [7, 11) is 0.251. The van der Waals surface area contributed by atoms with Crippen molar-refractivity contribution >= 4 is 45.6 Å². The van der Waals surface area contributed by atoms with Crippen molar-refractivity contribution in [1.29, 1.82) is 0 Å². The van der Waals surface area contributed by atoms with Gasteiger partial charge in [0.25, 0.3) is 0 Å². The summed E-state index contributed by atoms with van der Waals surface area (Å²) >= 11 is 0. The lowest BCUT2D eigenvalue weighted by atomic mass is 10.1. The van der Waals surface area contributed by atoms with E-state index in [1.165, 1.54) is 9.87 Å². The van der Waals surface area contributed by atoms with Crippen molar-refractivity contribution < 1.29 is 8.42 Å². The Kier molecular flexibility index (Phi) is 8.75. The highest BCUT2D eigenvalue weighted by atomic mass is 127. The average molecular weight is 561 g/mol. The van der Waals surface area contributed by atoms with Crippen LogP contribution in [0.1, 0.15) is 29.4 Å². The molecule has 0 radical (unpaired) electrons. The fourth-order valence-electron chi connectivity index (χ4n) is 3.90. The molecule has 10 heteroatoms. The van der Waals surface area contributed by atoms with Gasteiger partial charge in [-0.05, 0) is 50.8 Å². The fraction of sp³-hybridized carbons (Fsp3) is 0.524. The number of aliphatic imine (C=N–C) groups is 1. The number of fused-ring (bicyclic) bond motifs is 1. The van der Waals surface area contributed by atoms with Crippen molar-refractivity contribution in [3.8, 4) is 0 Å². The molecule has 2 N–H and O–H groups in total.